The lowest BCUT2D eigenvalue weighted by atomic mass is 9.98. The summed E-state index contributed by atoms with van der Waals surface area (Å²) < 4.78 is 12.9. The average Bonchev–Trinajstić information content (AvgIpc) is 2.36. The number of rotatable bonds is 4. The first-order chi connectivity index (χ1) is 9.06. The molecule has 0 spiro atoms. The molecule has 100 valence electrons. The van der Waals surface area contributed by atoms with Crippen molar-refractivity contribution in [3.05, 3.63) is 70.0 Å². The Labute approximate surface area is 117 Å². The minimum atomic E-state index is -0.524. The summed E-state index contributed by atoms with van der Waals surface area (Å²) in [5.41, 5.74) is 3.05. The van der Waals surface area contributed by atoms with Crippen molar-refractivity contribution in [2.45, 2.75) is 25.9 Å². The average molecular weight is 279 g/mol. The Balaban J connectivity index is 2.05. The largest absolute Gasteiger partial charge is 0.392 e. The minimum absolute atomic E-state index is 0.359. The van der Waals surface area contributed by atoms with Gasteiger partial charge in [0.25, 0.3) is 0 Å². The molecule has 3 heteroatoms. The Morgan fingerprint density at radius 2 is 1.79 bits per heavy atom. The molecule has 2 aromatic carbocycles. The lowest BCUT2D eigenvalue weighted by Gasteiger charge is -2.13. The second-order valence-corrected chi connectivity index (χ2v) is 5.13. The van der Waals surface area contributed by atoms with Crippen LogP contribution in [0.2, 0.25) is 5.02 Å². The van der Waals surface area contributed by atoms with Crippen molar-refractivity contribution >= 4 is 11.6 Å². The number of aliphatic hydroxyl groups is 1. The molecule has 0 aliphatic carbocycles. The smallest absolute Gasteiger partial charge is 0.124 e. The van der Waals surface area contributed by atoms with E-state index in [2.05, 4.69) is 0 Å². The maximum Gasteiger partial charge on any atom is 0.124 e. The monoisotopic (exact) mass is 278 g/mol. The van der Waals surface area contributed by atoms with E-state index in [9.17, 15) is 9.50 Å². The Bertz CT molecular complexity index is 568. The molecular weight excluding hydrogens is 263 g/mol. The van der Waals surface area contributed by atoms with Gasteiger partial charge in [0, 0.05) is 11.4 Å². The van der Waals surface area contributed by atoms with E-state index in [0.29, 0.717) is 17.9 Å². The standard InChI is InChI=1S/C16H16ClFO/c1-11-4-2-3-5-12(11)8-15(19)9-13-6-7-14(18)10-16(13)17/h2-7,10,15,19H,8-9H2,1H3. The van der Waals surface area contributed by atoms with E-state index in [1.807, 2.05) is 31.2 Å². The van der Waals surface area contributed by atoms with Gasteiger partial charge in [-0.25, -0.2) is 4.39 Å². The fraction of sp³-hybridized carbons (Fsp3) is 0.250. The van der Waals surface area contributed by atoms with Crippen LogP contribution in [-0.2, 0) is 12.8 Å². The fourth-order valence-corrected chi connectivity index (χ4v) is 2.35. The van der Waals surface area contributed by atoms with E-state index in [-0.39, 0.29) is 5.82 Å². The second-order valence-electron chi connectivity index (χ2n) is 4.72. The third-order valence-corrected chi connectivity index (χ3v) is 3.54. The zero-order valence-corrected chi connectivity index (χ0v) is 11.5. The molecule has 0 aliphatic rings. The Kier molecular flexibility index (Phi) is 4.56. The van der Waals surface area contributed by atoms with Crippen LogP contribution in [0.25, 0.3) is 0 Å². The Morgan fingerprint density at radius 1 is 1.11 bits per heavy atom. The van der Waals surface area contributed by atoms with Gasteiger partial charge in [-0.05, 0) is 42.2 Å². The van der Waals surface area contributed by atoms with E-state index in [0.717, 1.165) is 16.7 Å². The summed E-state index contributed by atoms with van der Waals surface area (Å²) in [5.74, 6) is -0.359. The highest BCUT2D eigenvalue weighted by atomic mass is 35.5. The highest BCUT2D eigenvalue weighted by molar-refractivity contribution is 6.31. The molecule has 0 amide bonds. The molecular formula is C16H16ClFO. The van der Waals surface area contributed by atoms with Crippen molar-refractivity contribution < 1.29 is 9.50 Å². The summed E-state index contributed by atoms with van der Waals surface area (Å²) in [4.78, 5) is 0. The van der Waals surface area contributed by atoms with Crippen LogP contribution < -0.4 is 0 Å². The molecule has 0 fully saturated rings. The van der Waals surface area contributed by atoms with E-state index in [4.69, 9.17) is 11.6 Å². The number of hydrogen-bond acceptors (Lipinski definition) is 1. The van der Waals surface area contributed by atoms with Gasteiger partial charge in [0.2, 0.25) is 0 Å². The first-order valence-corrected chi connectivity index (χ1v) is 6.60. The van der Waals surface area contributed by atoms with Gasteiger partial charge in [-0.15, -0.1) is 0 Å². The molecule has 0 radical (unpaired) electrons. The summed E-state index contributed by atoms with van der Waals surface area (Å²) in [5, 5.41) is 10.5. The van der Waals surface area contributed by atoms with Crippen LogP contribution in [0.3, 0.4) is 0 Å². The van der Waals surface area contributed by atoms with Crippen molar-refractivity contribution in [2.24, 2.45) is 0 Å². The van der Waals surface area contributed by atoms with E-state index >= 15 is 0 Å². The number of halogens is 2. The zero-order valence-electron chi connectivity index (χ0n) is 10.7. The number of benzene rings is 2. The van der Waals surface area contributed by atoms with Gasteiger partial charge in [-0.1, -0.05) is 41.9 Å². The second kappa shape index (κ2) is 6.18. The van der Waals surface area contributed by atoms with Crippen molar-refractivity contribution in [1.29, 1.82) is 0 Å². The lowest BCUT2D eigenvalue weighted by Crippen LogP contribution is -2.15. The van der Waals surface area contributed by atoms with Crippen LogP contribution in [0.5, 0.6) is 0 Å². The van der Waals surface area contributed by atoms with E-state index in [1.165, 1.54) is 12.1 Å². The van der Waals surface area contributed by atoms with E-state index < -0.39 is 6.10 Å². The summed E-state index contributed by atoms with van der Waals surface area (Å²) in [6.45, 7) is 2.02. The molecule has 0 heterocycles. The molecule has 1 atom stereocenters. The van der Waals surface area contributed by atoms with Crippen LogP contribution in [0.4, 0.5) is 4.39 Å². The van der Waals surface area contributed by atoms with Gasteiger partial charge in [-0.2, -0.15) is 0 Å². The highest BCUT2D eigenvalue weighted by Crippen LogP contribution is 2.20. The first kappa shape index (κ1) is 14.0. The van der Waals surface area contributed by atoms with Crippen LogP contribution >= 0.6 is 11.6 Å². The van der Waals surface area contributed by atoms with Crippen LogP contribution in [-0.4, -0.2) is 11.2 Å². The van der Waals surface area contributed by atoms with Gasteiger partial charge in [0.15, 0.2) is 0 Å². The molecule has 0 aliphatic heterocycles. The predicted octanol–water partition coefficient (Wildman–Crippen LogP) is 3.93. The third-order valence-electron chi connectivity index (χ3n) is 3.19. The predicted molar refractivity (Wildman–Crippen MR) is 76.0 cm³/mol. The van der Waals surface area contributed by atoms with Crippen LogP contribution in [0, 0.1) is 12.7 Å². The van der Waals surface area contributed by atoms with Gasteiger partial charge in [0.1, 0.15) is 5.82 Å². The van der Waals surface area contributed by atoms with Crippen molar-refractivity contribution in [2.75, 3.05) is 0 Å². The molecule has 0 saturated heterocycles. The first-order valence-electron chi connectivity index (χ1n) is 6.23. The summed E-state index contributed by atoms with van der Waals surface area (Å²) >= 11 is 5.96. The summed E-state index contributed by atoms with van der Waals surface area (Å²) in [7, 11) is 0. The van der Waals surface area contributed by atoms with Gasteiger partial charge in [0.05, 0.1) is 6.10 Å². The topological polar surface area (TPSA) is 20.2 Å². The molecule has 1 nitrogen and oxygen atoms in total. The summed E-state index contributed by atoms with van der Waals surface area (Å²) in [6, 6.07) is 12.2. The van der Waals surface area contributed by atoms with Crippen LogP contribution in [0.1, 0.15) is 16.7 Å². The van der Waals surface area contributed by atoms with Gasteiger partial charge in [-0.3, -0.25) is 0 Å². The number of aryl methyl sites for hydroxylation is 1. The maximum atomic E-state index is 12.9. The molecule has 0 saturated carbocycles. The zero-order chi connectivity index (χ0) is 13.8. The number of hydrogen-bond donors (Lipinski definition) is 1. The normalized spacial score (nSPS) is 12.4. The van der Waals surface area contributed by atoms with Gasteiger partial charge >= 0.3 is 0 Å². The molecule has 0 aromatic heterocycles. The lowest BCUT2D eigenvalue weighted by molar-refractivity contribution is 0.175. The highest BCUT2D eigenvalue weighted by Gasteiger charge is 2.11. The molecule has 19 heavy (non-hydrogen) atoms. The maximum absolute atomic E-state index is 12.9. The third kappa shape index (κ3) is 3.79. The molecule has 0 bridgehead atoms. The molecule has 1 N–H and O–H groups in total. The van der Waals surface area contributed by atoms with Crippen LogP contribution in [0.15, 0.2) is 42.5 Å². The van der Waals surface area contributed by atoms with E-state index in [1.54, 1.807) is 6.07 Å². The Morgan fingerprint density at radius 3 is 2.47 bits per heavy atom. The van der Waals surface area contributed by atoms with Crippen molar-refractivity contribution in [1.82, 2.24) is 0 Å². The van der Waals surface area contributed by atoms with Gasteiger partial charge < -0.3 is 5.11 Å². The minimum Gasteiger partial charge on any atom is -0.392 e. The Hall–Kier alpha value is -1.38. The SMILES string of the molecule is Cc1ccccc1CC(O)Cc1ccc(F)cc1Cl. The van der Waals surface area contributed by atoms with Crippen molar-refractivity contribution in [3.63, 3.8) is 0 Å². The molecule has 2 aromatic rings. The quantitative estimate of drug-likeness (QED) is 0.898. The molecule has 2 rings (SSSR count). The molecule has 1 unspecified atom stereocenters. The van der Waals surface area contributed by atoms with Crippen molar-refractivity contribution in [3.8, 4) is 0 Å². The number of aliphatic hydroxyl groups excluding tert-OH is 1. The fourth-order valence-electron chi connectivity index (χ4n) is 2.11. The summed E-state index contributed by atoms with van der Waals surface area (Å²) in [6.07, 6.45) is 0.470.